The van der Waals surface area contributed by atoms with Crippen molar-refractivity contribution in [2.24, 2.45) is 10.2 Å². The summed E-state index contributed by atoms with van der Waals surface area (Å²) >= 11 is 0. The van der Waals surface area contributed by atoms with Crippen LogP contribution in [0.4, 0.5) is 11.4 Å². The van der Waals surface area contributed by atoms with Crippen molar-refractivity contribution in [3.05, 3.63) is 83.3 Å². The molecule has 39 heavy (non-hydrogen) atoms. The molecule has 0 spiro atoms. The number of anilines is 2. The van der Waals surface area contributed by atoms with Gasteiger partial charge in [0.05, 0.1) is 35.6 Å². The molecule has 0 atom stereocenters. The van der Waals surface area contributed by atoms with Crippen molar-refractivity contribution in [2.75, 3.05) is 10.0 Å². The number of nitrogens with zero attached hydrogens (tertiary/aromatic N) is 4. The third kappa shape index (κ3) is 7.68. The molecule has 2 amide bonds. The fourth-order valence-electron chi connectivity index (χ4n) is 4.19. The van der Waals surface area contributed by atoms with E-state index in [4.69, 9.17) is 10.2 Å². The van der Waals surface area contributed by atoms with Crippen LogP contribution in [0.1, 0.15) is 66.2 Å². The summed E-state index contributed by atoms with van der Waals surface area (Å²) in [6, 6.07) is 18.9. The van der Waals surface area contributed by atoms with Gasteiger partial charge in [-0.1, -0.05) is 63.1 Å². The van der Waals surface area contributed by atoms with Crippen LogP contribution in [0, 0.1) is 0 Å². The van der Waals surface area contributed by atoms with Crippen LogP contribution >= 0.6 is 0 Å². The number of para-hydroxylation sites is 2. The number of unbranched alkanes of at least 4 members (excludes halogenated alkanes) is 2. The zero-order chi connectivity index (χ0) is 27.7. The molecule has 0 fully saturated rings. The van der Waals surface area contributed by atoms with E-state index in [2.05, 4.69) is 24.1 Å². The molecule has 209 valence electrons. The number of rotatable bonds is 8. The van der Waals surface area contributed by atoms with Crippen LogP contribution < -0.4 is 10.0 Å². The first-order chi connectivity index (χ1) is 18.3. The first-order valence-corrected chi connectivity index (χ1v) is 13.1. The third-order valence-corrected chi connectivity index (χ3v) is 6.24. The van der Waals surface area contributed by atoms with E-state index < -0.39 is 0 Å². The summed E-state index contributed by atoms with van der Waals surface area (Å²) in [6.45, 7) is 7.84. The Labute approximate surface area is 240 Å². The van der Waals surface area contributed by atoms with Crippen LogP contribution in [0.5, 0.6) is 0 Å². The SMILES string of the molecule is CCCCC([OH2+])=C1C(=[OH+])N(c2ccccc2)N=C1C.CCCCC([OH2+])=C1C(=[OH+])N(c2ccccc2)N=C1C.[Cu+2]. The molecule has 2 aliphatic heterocycles. The topological polar surface area (TPSA) is 120 Å². The summed E-state index contributed by atoms with van der Waals surface area (Å²) in [7, 11) is 0. The number of hydrazone groups is 2. The van der Waals surface area contributed by atoms with E-state index in [0.29, 0.717) is 46.9 Å². The van der Waals surface area contributed by atoms with Crippen LogP contribution in [0.25, 0.3) is 0 Å². The Morgan fingerprint density at radius 2 is 1.00 bits per heavy atom. The first kappa shape index (κ1) is 31.5. The van der Waals surface area contributed by atoms with Gasteiger partial charge in [0.25, 0.3) is 0 Å². The Morgan fingerprint density at radius 1 is 0.667 bits per heavy atom. The van der Waals surface area contributed by atoms with Gasteiger partial charge in [-0.2, -0.15) is 10.2 Å². The standard InChI is InChI=1S/2C15H18N2O2.Cu/c2*1-3-4-10-13(18)14-11(2)16-17(15(14)19)12-8-6-5-7-9-12;/h2*5-9,18H,3-4,10H2,1-2H3;/q;;+2/p+4. The zero-order valence-electron chi connectivity index (χ0n) is 23.0. The van der Waals surface area contributed by atoms with Gasteiger partial charge in [-0.15, -0.1) is 10.0 Å². The van der Waals surface area contributed by atoms with Gasteiger partial charge in [0.15, 0.2) is 0 Å². The van der Waals surface area contributed by atoms with Crippen molar-refractivity contribution in [3.63, 3.8) is 0 Å². The molecule has 4 rings (SSSR count). The molecule has 2 heterocycles. The van der Waals surface area contributed by atoms with Crippen molar-refractivity contribution < 1.29 is 36.9 Å². The maximum absolute atomic E-state index is 10.3. The molecule has 6 N–H and O–H groups in total. The molecular weight excluding hydrogens is 544 g/mol. The van der Waals surface area contributed by atoms with Crippen LogP contribution in [0.2, 0.25) is 0 Å². The minimum absolute atomic E-state index is 0. The van der Waals surface area contributed by atoms with Gasteiger partial charge < -0.3 is 10.2 Å². The Morgan fingerprint density at radius 3 is 1.31 bits per heavy atom. The predicted molar refractivity (Wildman–Crippen MR) is 158 cm³/mol. The number of amides is 2. The first-order valence-electron chi connectivity index (χ1n) is 13.1. The summed E-state index contributed by atoms with van der Waals surface area (Å²) in [5.74, 6) is 1.03. The molecule has 1 radical (unpaired) electrons. The van der Waals surface area contributed by atoms with E-state index in [-0.39, 0.29) is 28.9 Å². The molecule has 2 aromatic carbocycles. The summed E-state index contributed by atoms with van der Waals surface area (Å²) in [4.78, 5) is 20.6. The number of allylic oxidation sites excluding steroid dienone is 2. The number of benzene rings is 2. The number of carbonyl (C=O) groups excluding carboxylic acids is 2. The molecule has 2 aromatic rings. The van der Waals surface area contributed by atoms with E-state index in [1.165, 1.54) is 10.0 Å². The van der Waals surface area contributed by atoms with Crippen molar-refractivity contribution in [2.45, 2.75) is 66.2 Å². The monoisotopic (exact) mass is 583 g/mol. The molecule has 0 saturated carbocycles. The van der Waals surface area contributed by atoms with Crippen LogP contribution in [-0.4, -0.2) is 43.0 Å². The van der Waals surface area contributed by atoms with Gasteiger partial charge in [0.2, 0.25) is 22.7 Å². The summed E-state index contributed by atoms with van der Waals surface area (Å²) < 4.78 is 0. The van der Waals surface area contributed by atoms with E-state index >= 15 is 0 Å². The van der Waals surface area contributed by atoms with Crippen LogP contribution in [0.15, 0.2) is 93.5 Å². The van der Waals surface area contributed by atoms with Gasteiger partial charge in [0, 0.05) is 0 Å². The van der Waals surface area contributed by atoms with Crippen molar-refractivity contribution in [1.82, 2.24) is 0 Å². The van der Waals surface area contributed by atoms with E-state index in [0.717, 1.165) is 37.1 Å². The summed E-state index contributed by atoms with van der Waals surface area (Å²) in [5.41, 5.74) is 4.13. The number of hydrogen-bond acceptors (Lipinski definition) is 2. The normalized spacial score (nSPS) is 17.2. The molecule has 0 bridgehead atoms. The zero-order valence-corrected chi connectivity index (χ0v) is 23.9. The fraction of sp³-hybridized carbons (Fsp3) is 0.333. The van der Waals surface area contributed by atoms with Gasteiger partial charge >= 0.3 is 28.9 Å². The summed E-state index contributed by atoms with van der Waals surface area (Å²) in [5, 5.41) is 27.8. The van der Waals surface area contributed by atoms with Crippen molar-refractivity contribution in [3.8, 4) is 0 Å². The van der Waals surface area contributed by atoms with Gasteiger partial charge in [0.1, 0.15) is 0 Å². The van der Waals surface area contributed by atoms with Gasteiger partial charge in [-0.25, -0.2) is 0 Å². The third-order valence-electron chi connectivity index (χ3n) is 6.24. The molecule has 0 unspecified atom stereocenters. The minimum atomic E-state index is 0. The van der Waals surface area contributed by atoms with E-state index in [9.17, 15) is 9.59 Å². The summed E-state index contributed by atoms with van der Waals surface area (Å²) in [6.07, 6.45) is 5.32. The second kappa shape index (κ2) is 15.0. The smallest absolute Gasteiger partial charge is 0.596 e. The van der Waals surface area contributed by atoms with Crippen molar-refractivity contribution >= 4 is 34.6 Å². The second-order valence-corrected chi connectivity index (χ2v) is 9.23. The van der Waals surface area contributed by atoms with Gasteiger partial charge in [-0.3, -0.25) is 9.59 Å². The van der Waals surface area contributed by atoms with Crippen LogP contribution in [-0.2, 0) is 17.1 Å². The Kier molecular flexibility index (Phi) is 12.2. The molecule has 9 heteroatoms. The predicted octanol–water partition coefficient (Wildman–Crippen LogP) is 5.11. The quantitative estimate of drug-likeness (QED) is 0.178. The minimum Gasteiger partial charge on any atom is -0.596 e. The molecule has 8 nitrogen and oxygen atoms in total. The fourth-order valence-corrected chi connectivity index (χ4v) is 4.19. The maximum atomic E-state index is 10.3. The van der Waals surface area contributed by atoms with E-state index in [1.54, 1.807) is 0 Å². The van der Waals surface area contributed by atoms with E-state index in [1.807, 2.05) is 74.5 Å². The van der Waals surface area contributed by atoms with Crippen molar-refractivity contribution in [1.29, 1.82) is 0 Å². The second-order valence-electron chi connectivity index (χ2n) is 9.23. The molecule has 0 aromatic heterocycles. The molecular formula is C30H40CuN4O4+6. The van der Waals surface area contributed by atoms with Gasteiger partial charge in [-0.05, 0) is 51.0 Å². The van der Waals surface area contributed by atoms with Crippen LogP contribution in [0.3, 0.4) is 0 Å². The maximum Gasteiger partial charge on any atom is 2.00 e. The largest absolute Gasteiger partial charge is 2.00 e. The molecule has 0 aliphatic carbocycles. The average molecular weight is 584 g/mol. The Hall–Kier alpha value is -3.68. The Balaban J connectivity index is 0.000000267. The number of hydrogen-bond donors (Lipinski definition) is 0. The molecule has 2 aliphatic rings. The molecule has 0 saturated heterocycles. The average Bonchev–Trinajstić information content (AvgIpc) is 3.40. The Bertz CT molecular complexity index is 1170.